The molecule has 0 radical (unpaired) electrons. The molecule has 0 saturated heterocycles. The first-order chi connectivity index (χ1) is 6.08. The maximum Gasteiger partial charge on any atom is 0.274 e. The van der Waals surface area contributed by atoms with Crippen LogP contribution in [0.25, 0.3) is 0 Å². The Labute approximate surface area is 91.5 Å². The lowest BCUT2D eigenvalue weighted by Gasteiger charge is -2.13. The Kier molecular flexibility index (Phi) is 4.19. The third kappa shape index (κ3) is 4.09. The maximum atomic E-state index is 5.62. The minimum absolute atomic E-state index is 0.248. The van der Waals surface area contributed by atoms with Gasteiger partial charge >= 0.3 is 0 Å². The third-order valence-electron chi connectivity index (χ3n) is 1.56. The molecule has 0 aliphatic carbocycles. The van der Waals surface area contributed by atoms with Gasteiger partial charge in [-0.05, 0) is 35.2 Å². The molecule has 0 aliphatic rings. The summed E-state index contributed by atoms with van der Waals surface area (Å²) in [5, 5.41) is 2.68. The normalized spacial score (nSPS) is 13.3. The van der Waals surface area contributed by atoms with Gasteiger partial charge in [0, 0.05) is 5.38 Å². The molecular formula is C9H14BrNOS. The van der Waals surface area contributed by atoms with Crippen LogP contribution in [0.3, 0.4) is 0 Å². The van der Waals surface area contributed by atoms with E-state index in [0.29, 0.717) is 5.92 Å². The largest absolute Gasteiger partial charge is 0.467 e. The Morgan fingerprint density at radius 2 is 2.23 bits per heavy atom. The topological polar surface area (TPSA) is 22.1 Å². The van der Waals surface area contributed by atoms with E-state index in [1.165, 1.54) is 11.3 Å². The van der Waals surface area contributed by atoms with E-state index in [0.717, 1.165) is 16.2 Å². The van der Waals surface area contributed by atoms with E-state index in [1.54, 1.807) is 0 Å². The molecule has 2 nitrogen and oxygen atoms in total. The van der Waals surface area contributed by atoms with Gasteiger partial charge in [-0.25, -0.2) is 0 Å². The van der Waals surface area contributed by atoms with Crippen LogP contribution in [0, 0.1) is 5.92 Å². The van der Waals surface area contributed by atoms with Crippen molar-refractivity contribution in [2.24, 2.45) is 5.92 Å². The lowest BCUT2D eigenvalue weighted by atomic mass is 10.1. The molecule has 0 fully saturated rings. The third-order valence-corrected chi connectivity index (χ3v) is 3.00. The van der Waals surface area contributed by atoms with Crippen LogP contribution in [0.1, 0.15) is 27.2 Å². The van der Waals surface area contributed by atoms with Crippen molar-refractivity contribution in [1.82, 2.24) is 4.98 Å². The standard InChI is InChI=1S/C9H14BrNOS/c1-6(2)4-7(3)12-9-11-8(10)5-13-9/h5-7H,4H2,1-3H3. The van der Waals surface area contributed by atoms with E-state index in [9.17, 15) is 0 Å². The Morgan fingerprint density at radius 1 is 1.54 bits per heavy atom. The first-order valence-corrected chi connectivity index (χ1v) is 6.03. The van der Waals surface area contributed by atoms with E-state index >= 15 is 0 Å². The van der Waals surface area contributed by atoms with Crippen molar-refractivity contribution < 1.29 is 4.74 Å². The number of nitrogens with zero attached hydrogens (tertiary/aromatic N) is 1. The Morgan fingerprint density at radius 3 is 2.69 bits per heavy atom. The van der Waals surface area contributed by atoms with Gasteiger partial charge in [-0.1, -0.05) is 25.2 Å². The van der Waals surface area contributed by atoms with Crippen molar-refractivity contribution in [3.05, 3.63) is 9.98 Å². The zero-order chi connectivity index (χ0) is 9.84. The first kappa shape index (κ1) is 11.0. The van der Waals surface area contributed by atoms with Crippen LogP contribution in [0.4, 0.5) is 0 Å². The molecule has 0 saturated carbocycles. The average Bonchev–Trinajstić information content (AvgIpc) is 2.33. The second kappa shape index (κ2) is 4.96. The highest BCUT2D eigenvalue weighted by molar-refractivity contribution is 9.10. The smallest absolute Gasteiger partial charge is 0.274 e. The van der Waals surface area contributed by atoms with E-state index in [1.807, 2.05) is 5.38 Å². The molecule has 0 aliphatic heterocycles. The van der Waals surface area contributed by atoms with Gasteiger partial charge < -0.3 is 4.74 Å². The molecule has 4 heteroatoms. The summed E-state index contributed by atoms with van der Waals surface area (Å²) in [6, 6.07) is 0. The molecule has 13 heavy (non-hydrogen) atoms. The van der Waals surface area contributed by atoms with Gasteiger partial charge in [0.25, 0.3) is 5.19 Å². The number of rotatable bonds is 4. The van der Waals surface area contributed by atoms with Gasteiger partial charge in [0.15, 0.2) is 0 Å². The van der Waals surface area contributed by atoms with Gasteiger partial charge in [-0.3, -0.25) is 0 Å². The molecule has 0 amide bonds. The zero-order valence-electron chi connectivity index (χ0n) is 8.08. The first-order valence-electron chi connectivity index (χ1n) is 4.35. The fraction of sp³-hybridized carbons (Fsp3) is 0.667. The summed E-state index contributed by atoms with van der Waals surface area (Å²) in [7, 11) is 0. The summed E-state index contributed by atoms with van der Waals surface area (Å²) in [6.07, 6.45) is 1.31. The van der Waals surface area contributed by atoms with Crippen LogP contribution >= 0.6 is 27.3 Å². The molecule has 1 heterocycles. The van der Waals surface area contributed by atoms with Gasteiger partial charge in [0.1, 0.15) is 4.60 Å². The Bertz CT molecular complexity index is 262. The summed E-state index contributed by atoms with van der Waals surface area (Å²) in [6.45, 7) is 6.46. The molecule has 1 atom stereocenters. The summed E-state index contributed by atoms with van der Waals surface area (Å²) in [5.74, 6) is 0.665. The lowest BCUT2D eigenvalue weighted by Crippen LogP contribution is -2.14. The average molecular weight is 264 g/mol. The molecule has 1 aromatic heterocycles. The Balaban J connectivity index is 2.40. The number of hydrogen-bond donors (Lipinski definition) is 0. The summed E-state index contributed by atoms with van der Waals surface area (Å²) in [4.78, 5) is 4.17. The predicted octanol–water partition coefficient (Wildman–Crippen LogP) is 3.72. The highest BCUT2D eigenvalue weighted by Gasteiger charge is 2.08. The van der Waals surface area contributed by atoms with Crippen molar-refractivity contribution in [2.45, 2.75) is 33.3 Å². The molecule has 0 bridgehead atoms. The quantitative estimate of drug-likeness (QED) is 0.826. The monoisotopic (exact) mass is 263 g/mol. The number of hydrogen-bond acceptors (Lipinski definition) is 3. The van der Waals surface area contributed by atoms with Crippen LogP contribution in [0.5, 0.6) is 5.19 Å². The van der Waals surface area contributed by atoms with Crippen LogP contribution < -0.4 is 4.74 Å². The fourth-order valence-electron chi connectivity index (χ4n) is 1.18. The zero-order valence-corrected chi connectivity index (χ0v) is 10.5. The molecule has 74 valence electrons. The van der Waals surface area contributed by atoms with E-state index in [4.69, 9.17) is 4.74 Å². The van der Waals surface area contributed by atoms with Crippen molar-refractivity contribution in [2.75, 3.05) is 0 Å². The van der Waals surface area contributed by atoms with Gasteiger partial charge in [0.05, 0.1) is 6.10 Å². The van der Waals surface area contributed by atoms with E-state index in [2.05, 4.69) is 41.7 Å². The molecular weight excluding hydrogens is 250 g/mol. The number of aromatic nitrogens is 1. The van der Waals surface area contributed by atoms with Gasteiger partial charge in [-0.15, -0.1) is 0 Å². The summed E-state index contributed by atoms with van der Waals surface area (Å²) >= 11 is 4.82. The minimum atomic E-state index is 0.248. The molecule has 0 N–H and O–H groups in total. The minimum Gasteiger partial charge on any atom is -0.467 e. The van der Waals surface area contributed by atoms with Crippen molar-refractivity contribution >= 4 is 27.3 Å². The van der Waals surface area contributed by atoms with Crippen LogP contribution in [0.2, 0.25) is 0 Å². The summed E-state index contributed by atoms with van der Waals surface area (Å²) < 4.78 is 6.47. The molecule has 0 spiro atoms. The number of halogens is 1. The van der Waals surface area contributed by atoms with Gasteiger partial charge in [-0.2, -0.15) is 4.98 Å². The van der Waals surface area contributed by atoms with Crippen molar-refractivity contribution in [3.63, 3.8) is 0 Å². The number of ether oxygens (including phenoxy) is 1. The molecule has 1 unspecified atom stereocenters. The van der Waals surface area contributed by atoms with Crippen molar-refractivity contribution in [3.8, 4) is 5.19 Å². The maximum absolute atomic E-state index is 5.62. The molecule has 0 aromatic carbocycles. The van der Waals surface area contributed by atoms with Gasteiger partial charge in [0.2, 0.25) is 0 Å². The van der Waals surface area contributed by atoms with E-state index in [-0.39, 0.29) is 6.10 Å². The molecule has 1 rings (SSSR count). The van der Waals surface area contributed by atoms with Crippen LogP contribution in [0.15, 0.2) is 9.98 Å². The fourth-order valence-corrected chi connectivity index (χ4v) is 2.36. The lowest BCUT2D eigenvalue weighted by molar-refractivity contribution is 0.192. The predicted molar refractivity (Wildman–Crippen MR) is 59.4 cm³/mol. The van der Waals surface area contributed by atoms with Crippen molar-refractivity contribution in [1.29, 1.82) is 0 Å². The second-order valence-electron chi connectivity index (χ2n) is 3.49. The Hall–Kier alpha value is -0.0900. The van der Waals surface area contributed by atoms with Crippen LogP contribution in [-0.4, -0.2) is 11.1 Å². The SMILES string of the molecule is CC(C)CC(C)Oc1nc(Br)cs1. The molecule has 1 aromatic rings. The number of thiazole rings is 1. The second-order valence-corrected chi connectivity index (χ2v) is 5.13. The highest BCUT2D eigenvalue weighted by atomic mass is 79.9. The highest BCUT2D eigenvalue weighted by Crippen LogP contribution is 2.23. The van der Waals surface area contributed by atoms with Crippen LogP contribution in [-0.2, 0) is 0 Å². The summed E-state index contributed by atoms with van der Waals surface area (Å²) in [5.41, 5.74) is 0. The van der Waals surface area contributed by atoms with E-state index < -0.39 is 0 Å².